The van der Waals surface area contributed by atoms with Crippen molar-refractivity contribution in [2.45, 2.75) is 6.54 Å². The van der Waals surface area contributed by atoms with Gasteiger partial charge in [0.2, 0.25) is 0 Å². The van der Waals surface area contributed by atoms with Crippen molar-refractivity contribution < 1.29 is 9.90 Å². The van der Waals surface area contributed by atoms with Crippen LogP contribution in [0.15, 0.2) is 48.8 Å². The fourth-order valence-electron chi connectivity index (χ4n) is 1.92. The molecule has 0 bridgehead atoms. The maximum Gasteiger partial charge on any atom is 0.335 e. The topological polar surface area (TPSA) is 79.5 Å². The second-order valence-electron chi connectivity index (χ2n) is 4.31. The minimum absolute atomic E-state index is 0.281. The Labute approximate surface area is 114 Å². The number of fused-ring (bicyclic) bond motifs is 1. The lowest BCUT2D eigenvalue weighted by Crippen LogP contribution is -2.04. The number of carboxylic acids is 1. The second-order valence-corrected chi connectivity index (χ2v) is 4.31. The molecule has 0 fully saturated rings. The molecule has 0 atom stereocenters. The van der Waals surface area contributed by atoms with Gasteiger partial charge in [-0.1, -0.05) is 12.1 Å². The van der Waals surface area contributed by atoms with Crippen LogP contribution in [-0.4, -0.2) is 25.7 Å². The SMILES string of the molecule is O=C(O)c1cccc(CNc2ccn3nccc3n2)c1. The molecular formula is C14H12N4O2. The van der Waals surface area contributed by atoms with Crippen molar-refractivity contribution in [3.8, 4) is 0 Å². The Morgan fingerprint density at radius 1 is 1.30 bits per heavy atom. The van der Waals surface area contributed by atoms with Gasteiger partial charge in [0.25, 0.3) is 0 Å². The molecule has 0 radical (unpaired) electrons. The van der Waals surface area contributed by atoms with Crippen LogP contribution in [0.25, 0.3) is 5.65 Å². The summed E-state index contributed by atoms with van der Waals surface area (Å²) in [5.41, 5.74) is 1.93. The van der Waals surface area contributed by atoms with Gasteiger partial charge in [0.1, 0.15) is 5.82 Å². The molecule has 6 heteroatoms. The predicted octanol–water partition coefficient (Wildman–Crippen LogP) is 2.04. The lowest BCUT2D eigenvalue weighted by molar-refractivity contribution is 0.0697. The van der Waals surface area contributed by atoms with Crippen LogP contribution < -0.4 is 5.32 Å². The minimum atomic E-state index is -0.925. The third kappa shape index (κ3) is 2.44. The molecule has 0 saturated heterocycles. The summed E-state index contributed by atoms with van der Waals surface area (Å²) in [7, 11) is 0. The normalized spacial score (nSPS) is 10.6. The molecule has 3 aromatic rings. The van der Waals surface area contributed by atoms with Crippen LogP contribution in [0, 0.1) is 0 Å². The van der Waals surface area contributed by atoms with E-state index < -0.39 is 5.97 Å². The number of aromatic nitrogens is 3. The zero-order valence-electron chi connectivity index (χ0n) is 10.5. The molecule has 0 aliphatic carbocycles. The number of benzene rings is 1. The first kappa shape index (κ1) is 12.2. The van der Waals surface area contributed by atoms with Crippen LogP contribution in [0.2, 0.25) is 0 Å². The molecule has 0 aliphatic heterocycles. The minimum Gasteiger partial charge on any atom is -0.478 e. The van der Waals surface area contributed by atoms with Gasteiger partial charge in [-0.15, -0.1) is 0 Å². The standard InChI is InChI=1S/C14H12N4O2/c19-14(20)11-3-1-2-10(8-11)9-15-12-5-7-18-13(17-12)4-6-16-18/h1-8H,9H2,(H,15,17)(H,19,20). The summed E-state index contributed by atoms with van der Waals surface area (Å²) in [4.78, 5) is 15.3. The van der Waals surface area contributed by atoms with Crippen molar-refractivity contribution >= 4 is 17.4 Å². The van der Waals surface area contributed by atoms with Crippen molar-refractivity contribution in [3.63, 3.8) is 0 Å². The Morgan fingerprint density at radius 3 is 3.05 bits per heavy atom. The van der Waals surface area contributed by atoms with Crippen LogP contribution in [-0.2, 0) is 6.54 Å². The van der Waals surface area contributed by atoms with Crippen molar-refractivity contribution in [2.75, 3.05) is 5.32 Å². The van der Waals surface area contributed by atoms with Crippen molar-refractivity contribution in [3.05, 3.63) is 59.9 Å². The van der Waals surface area contributed by atoms with Gasteiger partial charge in [0.05, 0.1) is 11.8 Å². The molecule has 2 aromatic heterocycles. The van der Waals surface area contributed by atoms with E-state index in [1.165, 1.54) is 0 Å². The summed E-state index contributed by atoms with van der Waals surface area (Å²) < 4.78 is 1.68. The Bertz CT molecular complexity index is 766. The van der Waals surface area contributed by atoms with Gasteiger partial charge in [-0.05, 0) is 23.8 Å². The number of anilines is 1. The van der Waals surface area contributed by atoms with Gasteiger partial charge in [-0.3, -0.25) is 0 Å². The first-order valence-corrected chi connectivity index (χ1v) is 6.09. The zero-order valence-corrected chi connectivity index (χ0v) is 10.5. The van der Waals surface area contributed by atoms with Crippen molar-refractivity contribution in [1.29, 1.82) is 0 Å². The van der Waals surface area contributed by atoms with E-state index in [2.05, 4.69) is 15.4 Å². The molecule has 0 aliphatic rings. The largest absolute Gasteiger partial charge is 0.478 e. The van der Waals surface area contributed by atoms with Crippen LogP contribution in [0.5, 0.6) is 0 Å². The van der Waals surface area contributed by atoms with Gasteiger partial charge in [0, 0.05) is 18.8 Å². The third-order valence-electron chi connectivity index (χ3n) is 2.91. The molecular weight excluding hydrogens is 256 g/mol. The fraction of sp³-hybridized carbons (Fsp3) is 0.0714. The smallest absolute Gasteiger partial charge is 0.335 e. The van der Waals surface area contributed by atoms with Crippen LogP contribution in [0.3, 0.4) is 0 Å². The average Bonchev–Trinajstić information content (AvgIpc) is 2.93. The van der Waals surface area contributed by atoms with E-state index in [0.29, 0.717) is 6.54 Å². The Kier molecular flexibility index (Phi) is 3.04. The number of rotatable bonds is 4. The van der Waals surface area contributed by atoms with Crippen molar-refractivity contribution in [2.24, 2.45) is 0 Å². The molecule has 6 nitrogen and oxygen atoms in total. The summed E-state index contributed by atoms with van der Waals surface area (Å²) >= 11 is 0. The van der Waals surface area contributed by atoms with Crippen LogP contribution in [0.1, 0.15) is 15.9 Å². The highest BCUT2D eigenvalue weighted by Crippen LogP contribution is 2.10. The molecule has 100 valence electrons. The van der Waals surface area contributed by atoms with Gasteiger partial charge < -0.3 is 10.4 Å². The number of nitrogens with one attached hydrogen (secondary N) is 1. The number of carbonyl (C=O) groups is 1. The third-order valence-corrected chi connectivity index (χ3v) is 2.91. The molecule has 3 rings (SSSR count). The van der Waals surface area contributed by atoms with E-state index in [1.54, 1.807) is 28.9 Å². The van der Waals surface area contributed by atoms with Gasteiger partial charge >= 0.3 is 5.97 Å². The number of hydrogen-bond donors (Lipinski definition) is 2. The summed E-state index contributed by atoms with van der Waals surface area (Å²) in [5.74, 6) is -0.204. The average molecular weight is 268 g/mol. The first-order valence-electron chi connectivity index (χ1n) is 6.09. The molecule has 20 heavy (non-hydrogen) atoms. The molecule has 1 aromatic carbocycles. The summed E-state index contributed by atoms with van der Waals surface area (Å²) in [5, 5.41) is 16.2. The van der Waals surface area contributed by atoms with E-state index in [9.17, 15) is 4.79 Å². The molecule has 0 spiro atoms. The maximum atomic E-state index is 10.9. The molecule has 2 N–H and O–H groups in total. The highest BCUT2D eigenvalue weighted by molar-refractivity contribution is 5.87. The highest BCUT2D eigenvalue weighted by Gasteiger charge is 2.03. The van der Waals surface area contributed by atoms with Gasteiger partial charge in [-0.25, -0.2) is 14.3 Å². The molecule has 0 saturated carbocycles. The lowest BCUT2D eigenvalue weighted by atomic mass is 10.1. The van der Waals surface area contributed by atoms with Crippen molar-refractivity contribution in [1.82, 2.24) is 14.6 Å². The molecule has 0 unspecified atom stereocenters. The monoisotopic (exact) mass is 268 g/mol. The number of aromatic carboxylic acids is 1. The summed E-state index contributed by atoms with van der Waals surface area (Å²) in [6.45, 7) is 0.512. The van der Waals surface area contributed by atoms with Gasteiger partial charge in [0.15, 0.2) is 5.65 Å². The first-order chi connectivity index (χ1) is 9.72. The van der Waals surface area contributed by atoms with Crippen LogP contribution >= 0.6 is 0 Å². The maximum absolute atomic E-state index is 10.9. The van der Waals surface area contributed by atoms with Gasteiger partial charge in [-0.2, -0.15) is 5.10 Å². The van der Waals surface area contributed by atoms with E-state index in [4.69, 9.17) is 5.11 Å². The quantitative estimate of drug-likeness (QED) is 0.757. The number of carboxylic acid groups (broad SMARTS) is 1. The summed E-state index contributed by atoms with van der Waals surface area (Å²) in [6.07, 6.45) is 3.50. The van der Waals surface area contributed by atoms with E-state index in [0.717, 1.165) is 17.0 Å². The number of nitrogens with zero attached hydrogens (tertiary/aromatic N) is 3. The fourth-order valence-corrected chi connectivity index (χ4v) is 1.92. The molecule has 0 amide bonds. The lowest BCUT2D eigenvalue weighted by Gasteiger charge is -2.06. The predicted molar refractivity (Wildman–Crippen MR) is 73.7 cm³/mol. The van der Waals surface area contributed by atoms with E-state index in [-0.39, 0.29) is 5.56 Å². The van der Waals surface area contributed by atoms with Crippen LogP contribution in [0.4, 0.5) is 5.82 Å². The highest BCUT2D eigenvalue weighted by atomic mass is 16.4. The Balaban J connectivity index is 1.75. The summed E-state index contributed by atoms with van der Waals surface area (Å²) in [6, 6.07) is 10.5. The van der Waals surface area contributed by atoms with E-state index in [1.807, 2.05) is 24.4 Å². The van der Waals surface area contributed by atoms with E-state index >= 15 is 0 Å². The zero-order chi connectivity index (χ0) is 13.9. The Morgan fingerprint density at radius 2 is 2.20 bits per heavy atom. The molecule has 2 heterocycles. The second kappa shape index (κ2) is 5.00. The Hall–Kier alpha value is -2.89. The number of hydrogen-bond acceptors (Lipinski definition) is 4.